The average molecular weight is 674 g/mol. The van der Waals surface area contributed by atoms with Crippen molar-refractivity contribution in [3.05, 3.63) is 48.2 Å². The van der Waals surface area contributed by atoms with Gasteiger partial charge in [-0.25, -0.2) is 4.98 Å². The molecule has 0 atom stereocenters. The van der Waals surface area contributed by atoms with Gasteiger partial charge in [-0.15, -0.1) is 0 Å². The zero-order chi connectivity index (χ0) is 33.7. The Morgan fingerprint density at radius 3 is 2.47 bits per heavy atom. The van der Waals surface area contributed by atoms with Gasteiger partial charge >= 0.3 is 6.18 Å². The number of aromatic amines is 1. The molecule has 0 unspecified atom stereocenters. The summed E-state index contributed by atoms with van der Waals surface area (Å²) in [7, 11) is 0. The van der Waals surface area contributed by atoms with E-state index in [-0.39, 0.29) is 28.4 Å². The Bertz CT molecular complexity index is 1990. The number of rotatable bonds is 7. The van der Waals surface area contributed by atoms with Crippen molar-refractivity contribution in [2.24, 2.45) is 10.8 Å². The highest BCUT2D eigenvalue weighted by molar-refractivity contribution is 6.06. The predicted molar refractivity (Wildman–Crippen MR) is 179 cm³/mol. The molecule has 256 valence electrons. The third-order valence-corrected chi connectivity index (χ3v) is 11.2. The fourth-order valence-electron chi connectivity index (χ4n) is 8.37. The van der Waals surface area contributed by atoms with Crippen LogP contribution in [-0.2, 0) is 9.53 Å². The molecule has 6 heterocycles. The third kappa shape index (κ3) is 5.11. The molecule has 4 aliphatic heterocycles. The van der Waals surface area contributed by atoms with Gasteiger partial charge in [0.05, 0.1) is 30.3 Å². The molecule has 4 saturated heterocycles. The van der Waals surface area contributed by atoms with Crippen molar-refractivity contribution in [2.75, 3.05) is 68.9 Å². The first-order chi connectivity index (χ1) is 23.5. The van der Waals surface area contributed by atoms with Crippen molar-refractivity contribution in [1.29, 1.82) is 0 Å². The van der Waals surface area contributed by atoms with Crippen LogP contribution in [0, 0.1) is 17.8 Å². The number of ether oxygens (including phenoxy) is 2. The van der Waals surface area contributed by atoms with Crippen molar-refractivity contribution in [3.8, 4) is 16.9 Å². The number of alkyl halides is 3. The maximum Gasteiger partial charge on any atom is 0.422 e. The number of carbonyl (C=O) groups excluding carboxylic acids is 1. The van der Waals surface area contributed by atoms with Gasteiger partial charge in [-0.3, -0.25) is 9.89 Å². The largest absolute Gasteiger partial charge is 0.481 e. The number of carbonyl (C=O) groups is 1. The molecule has 0 bridgehead atoms. The lowest BCUT2D eigenvalue weighted by atomic mass is 9.72. The fraction of sp³-hybridized carbons (Fsp3) is 0.500. The van der Waals surface area contributed by atoms with Crippen LogP contribution in [0.1, 0.15) is 42.7 Å². The molecule has 1 saturated carbocycles. The number of H-pyrrole nitrogens is 1. The molecule has 1 amide bonds. The summed E-state index contributed by atoms with van der Waals surface area (Å²) < 4.78 is 53.4. The first kappa shape index (κ1) is 30.7. The van der Waals surface area contributed by atoms with Crippen molar-refractivity contribution in [3.63, 3.8) is 0 Å². The molecular weight excluding hydrogens is 635 g/mol. The van der Waals surface area contributed by atoms with Gasteiger partial charge in [-0.1, -0.05) is 12.6 Å². The lowest BCUT2D eigenvalue weighted by molar-refractivity contribution is -0.153. The van der Waals surface area contributed by atoms with Crippen LogP contribution in [-0.4, -0.2) is 96.2 Å². The molecule has 1 N–H and O–H groups in total. The van der Waals surface area contributed by atoms with Crippen LogP contribution in [0.5, 0.6) is 5.75 Å². The molecule has 5 aliphatic rings. The van der Waals surface area contributed by atoms with E-state index in [2.05, 4.69) is 32.6 Å². The lowest BCUT2D eigenvalue weighted by Gasteiger charge is -2.55. The second kappa shape index (κ2) is 10.8. The van der Waals surface area contributed by atoms with E-state index in [1.165, 1.54) is 6.08 Å². The van der Waals surface area contributed by atoms with Gasteiger partial charge in [-0.2, -0.15) is 23.3 Å². The Balaban J connectivity index is 1.21. The topological polar surface area (TPSA) is 99.7 Å². The van der Waals surface area contributed by atoms with E-state index in [0.717, 1.165) is 72.2 Å². The molecule has 2 aromatic carbocycles. The summed E-state index contributed by atoms with van der Waals surface area (Å²) in [6, 6.07) is 6.03. The Labute approximate surface area is 281 Å². The quantitative estimate of drug-likeness (QED) is 0.248. The number of likely N-dealkylation sites (tertiary alicyclic amines) is 1. The Kier molecular flexibility index (Phi) is 6.76. The standard InChI is InChI=1S/C36H38F3N7O3/c1-3-27(47)45-14-34(15-45)8-10-44(11-9-34)32-24-12-23(22-5-6-22)29(28-21(2)4-7-26-25(28)13-40-43-26)31(49-20-36(37,38)39)30(24)41-33(42-32)46-16-35(17-46)18-48-19-35/h3-4,7,12-13,22H,1,5-6,8-11,14-20H2,2H3,(H,40,43). The van der Waals surface area contributed by atoms with Gasteiger partial charge in [0.1, 0.15) is 11.3 Å². The number of aromatic nitrogens is 4. The summed E-state index contributed by atoms with van der Waals surface area (Å²) in [5.41, 5.74) is 4.68. The van der Waals surface area contributed by atoms with Gasteiger partial charge < -0.3 is 24.2 Å². The highest BCUT2D eigenvalue weighted by Gasteiger charge is 2.51. The number of piperidine rings is 1. The van der Waals surface area contributed by atoms with Crippen LogP contribution in [0.25, 0.3) is 32.9 Å². The lowest BCUT2D eigenvalue weighted by Crippen LogP contribution is -2.66. The molecule has 2 spiro atoms. The zero-order valence-electron chi connectivity index (χ0n) is 27.4. The minimum atomic E-state index is -4.55. The molecule has 0 radical (unpaired) electrons. The van der Waals surface area contributed by atoms with Crippen LogP contribution in [0.3, 0.4) is 0 Å². The highest BCUT2D eigenvalue weighted by atomic mass is 19.4. The van der Waals surface area contributed by atoms with Crippen molar-refractivity contribution < 1.29 is 27.4 Å². The molecular formula is C36H38F3N7O3. The van der Waals surface area contributed by atoms with E-state index in [4.69, 9.17) is 19.4 Å². The predicted octanol–water partition coefficient (Wildman–Crippen LogP) is 5.75. The smallest absolute Gasteiger partial charge is 0.422 e. The number of halogens is 3. The van der Waals surface area contributed by atoms with Gasteiger partial charge in [0.2, 0.25) is 11.9 Å². The van der Waals surface area contributed by atoms with E-state index < -0.39 is 12.8 Å². The van der Waals surface area contributed by atoms with E-state index >= 15 is 0 Å². The summed E-state index contributed by atoms with van der Waals surface area (Å²) >= 11 is 0. The maximum absolute atomic E-state index is 14.0. The summed E-state index contributed by atoms with van der Waals surface area (Å²) in [4.78, 5) is 28.6. The second-order valence-electron chi connectivity index (χ2n) is 14.9. The first-order valence-corrected chi connectivity index (χ1v) is 17.0. The van der Waals surface area contributed by atoms with Crippen LogP contribution >= 0.6 is 0 Å². The summed E-state index contributed by atoms with van der Waals surface area (Å²) in [6.07, 6.45) is 2.19. The average Bonchev–Trinajstić information content (AvgIpc) is 3.76. The number of amides is 1. The van der Waals surface area contributed by atoms with Crippen LogP contribution < -0.4 is 14.5 Å². The van der Waals surface area contributed by atoms with E-state index in [9.17, 15) is 18.0 Å². The molecule has 10 nitrogen and oxygen atoms in total. The van der Waals surface area contributed by atoms with Gasteiger partial charge in [-0.05, 0) is 73.4 Å². The van der Waals surface area contributed by atoms with E-state index in [1.807, 2.05) is 24.0 Å². The van der Waals surface area contributed by atoms with Crippen molar-refractivity contribution in [1.82, 2.24) is 25.1 Å². The SMILES string of the molecule is C=CC(=O)N1CC2(CCN(c3nc(N4CC5(COC5)C4)nc4c(OCC(F)(F)F)c(-c5c(C)ccc6[nH]ncc56)c(C5CC5)cc34)CC2)C1. The third-order valence-electron chi connectivity index (χ3n) is 11.2. The zero-order valence-corrected chi connectivity index (χ0v) is 27.4. The Morgan fingerprint density at radius 2 is 1.82 bits per heavy atom. The Morgan fingerprint density at radius 1 is 1.06 bits per heavy atom. The molecule has 49 heavy (non-hydrogen) atoms. The molecule has 4 aromatic rings. The Hall–Kier alpha value is -4.39. The van der Waals surface area contributed by atoms with Crippen LogP contribution in [0.15, 0.2) is 37.1 Å². The maximum atomic E-state index is 14.0. The number of aryl methyl sites for hydroxylation is 1. The number of fused-ring (bicyclic) bond motifs is 2. The number of benzene rings is 2. The van der Waals surface area contributed by atoms with Crippen LogP contribution in [0.2, 0.25) is 0 Å². The van der Waals surface area contributed by atoms with Crippen molar-refractivity contribution in [2.45, 2.75) is 44.7 Å². The van der Waals surface area contributed by atoms with E-state index in [1.54, 1.807) is 6.20 Å². The molecule has 9 rings (SSSR count). The van der Waals surface area contributed by atoms with Gasteiger partial charge in [0.25, 0.3) is 0 Å². The molecule has 5 fully saturated rings. The summed E-state index contributed by atoms with van der Waals surface area (Å²) in [5.74, 6) is 1.50. The van der Waals surface area contributed by atoms with Gasteiger partial charge in [0.15, 0.2) is 12.4 Å². The normalized spacial score (nSPS) is 21.2. The minimum absolute atomic E-state index is 0.0418. The number of hydrogen-bond donors (Lipinski definition) is 1. The second-order valence-corrected chi connectivity index (χ2v) is 14.9. The van der Waals surface area contributed by atoms with Crippen LogP contribution in [0.4, 0.5) is 24.9 Å². The fourth-order valence-corrected chi connectivity index (χ4v) is 8.37. The number of anilines is 2. The summed E-state index contributed by atoms with van der Waals surface area (Å²) in [5, 5.41) is 8.84. The van der Waals surface area contributed by atoms with Crippen molar-refractivity contribution >= 4 is 39.5 Å². The molecule has 2 aromatic heterocycles. The summed E-state index contributed by atoms with van der Waals surface area (Å²) in [6.45, 7) is 9.85. The highest BCUT2D eigenvalue weighted by Crippen LogP contribution is 2.54. The number of hydrogen-bond acceptors (Lipinski definition) is 8. The number of nitrogens with zero attached hydrogens (tertiary/aromatic N) is 6. The first-order valence-electron chi connectivity index (χ1n) is 17.0. The molecule has 13 heteroatoms. The van der Waals surface area contributed by atoms with Gasteiger partial charge in [0, 0.05) is 61.0 Å². The minimum Gasteiger partial charge on any atom is -0.481 e. The monoisotopic (exact) mass is 673 g/mol. The number of nitrogens with one attached hydrogen (secondary N) is 1. The van der Waals surface area contributed by atoms with E-state index in [0.29, 0.717) is 61.8 Å². The molecule has 1 aliphatic carbocycles.